The zero-order chi connectivity index (χ0) is 26.6. The first kappa shape index (κ1) is 25.4. The zero-order valence-corrected chi connectivity index (χ0v) is 22.1. The lowest BCUT2D eigenvalue weighted by Gasteiger charge is -2.13. The lowest BCUT2D eigenvalue weighted by atomic mass is 10.1. The fourth-order valence-electron chi connectivity index (χ4n) is 3.90. The van der Waals surface area contributed by atoms with Crippen LogP contribution in [0, 0.1) is 0 Å². The molecule has 0 amide bonds. The molecule has 0 aliphatic carbocycles. The average Bonchev–Trinajstić information content (AvgIpc) is 2.92. The Morgan fingerprint density at radius 3 is 2.58 bits per heavy atom. The first-order chi connectivity index (χ1) is 18.4. The van der Waals surface area contributed by atoms with Crippen LogP contribution in [0.3, 0.4) is 0 Å². The maximum Gasteiger partial charge on any atom is 0.335 e. The molecule has 0 atom stereocenters. The van der Waals surface area contributed by atoms with Gasteiger partial charge in [-0.2, -0.15) is 9.78 Å². The number of aromatic carboxylic acids is 1. The summed E-state index contributed by atoms with van der Waals surface area (Å²) in [4.78, 5) is 29.5. The quantitative estimate of drug-likeness (QED) is 0.215. The van der Waals surface area contributed by atoms with E-state index in [0.29, 0.717) is 43.1 Å². The second-order valence-corrected chi connectivity index (χ2v) is 9.57. The van der Waals surface area contributed by atoms with Crippen LogP contribution in [0.15, 0.2) is 105 Å². The minimum atomic E-state index is -1.02. The van der Waals surface area contributed by atoms with E-state index in [4.69, 9.17) is 21.3 Å². The number of rotatable bonds is 7. The van der Waals surface area contributed by atoms with Crippen molar-refractivity contribution in [1.29, 1.82) is 0 Å². The predicted molar refractivity (Wildman–Crippen MR) is 151 cm³/mol. The average molecular weight is 589 g/mol. The van der Waals surface area contributed by atoms with Crippen molar-refractivity contribution in [2.24, 2.45) is 5.10 Å². The Morgan fingerprint density at radius 2 is 1.79 bits per heavy atom. The highest BCUT2D eigenvalue weighted by Gasteiger charge is 2.14. The minimum absolute atomic E-state index is 0.106. The summed E-state index contributed by atoms with van der Waals surface area (Å²) in [6.07, 6.45) is 1.49. The second kappa shape index (κ2) is 11.0. The fraction of sp³-hybridized carbons (Fsp3) is 0.0345. The normalized spacial score (nSPS) is 11.2. The van der Waals surface area contributed by atoms with Crippen molar-refractivity contribution >= 4 is 50.6 Å². The largest absolute Gasteiger partial charge is 0.487 e. The van der Waals surface area contributed by atoms with Gasteiger partial charge in [-0.3, -0.25) is 4.79 Å². The first-order valence-electron chi connectivity index (χ1n) is 11.5. The van der Waals surface area contributed by atoms with Gasteiger partial charge < -0.3 is 9.84 Å². The Balaban J connectivity index is 1.57. The molecule has 0 saturated heterocycles. The first-order valence-corrected chi connectivity index (χ1v) is 12.6. The standard InChI is InChI=1S/C29H19BrClN3O4/c30-24-15-22(31)14-21(26(24)38-17-18-7-6-10-20(13-18)29(36)37)16-32-34-27(19-8-2-1-3-9-19)33-25-12-5-4-11-23(25)28(34)35/h1-16H,17H2,(H,36,37). The molecule has 1 aromatic heterocycles. The molecule has 0 aliphatic rings. The Bertz CT molecular complexity index is 1750. The fourth-order valence-corrected chi connectivity index (χ4v) is 4.85. The molecule has 0 fully saturated rings. The lowest BCUT2D eigenvalue weighted by molar-refractivity contribution is 0.0696. The molecule has 9 heteroatoms. The SMILES string of the molecule is O=C(O)c1cccc(COc2c(Br)cc(Cl)cc2C=Nn2c(-c3ccccc3)nc3ccccc3c2=O)c1. The number of hydrogen-bond donors (Lipinski definition) is 1. The molecule has 0 saturated carbocycles. The van der Waals surface area contributed by atoms with E-state index in [2.05, 4.69) is 21.0 Å². The molecule has 5 rings (SSSR count). The topological polar surface area (TPSA) is 93.8 Å². The van der Waals surface area contributed by atoms with Gasteiger partial charge in [-0.1, -0.05) is 66.2 Å². The van der Waals surface area contributed by atoms with Crippen LogP contribution in [-0.4, -0.2) is 27.0 Å². The van der Waals surface area contributed by atoms with Crippen molar-refractivity contribution in [3.05, 3.63) is 128 Å². The highest BCUT2D eigenvalue weighted by atomic mass is 79.9. The number of nitrogens with zero attached hydrogens (tertiary/aromatic N) is 3. The molecule has 0 aliphatic heterocycles. The predicted octanol–water partition coefficient (Wildman–Crippen LogP) is 6.64. The Morgan fingerprint density at radius 1 is 1.03 bits per heavy atom. The van der Waals surface area contributed by atoms with Gasteiger partial charge in [0, 0.05) is 16.1 Å². The van der Waals surface area contributed by atoms with E-state index >= 15 is 0 Å². The zero-order valence-electron chi connectivity index (χ0n) is 19.7. The number of fused-ring (bicyclic) bond motifs is 1. The van der Waals surface area contributed by atoms with Gasteiger partial charge in [0.25, 0.3) is 5.56 Å². The van der Waals surface area contributed by atoms with Crippen LogP contribution in [0.25, 0.3) is 22.3 Å². The van der Waals surface area contributed by atoms with E-state index in [1.165, 1.54) is 17.0 Å². The number of hydrogen-bond acceptors (Lipinski definition) is 5. The van der Waals surface area contributed by atoms with Gasteiger partial charge in [-0.25, -0.2) is 9.78 Å². The maximum absolute atomic E-state index is 13.5. The van der Waals surface area contributed by atoms with Gasteiger partial charge in [0.1, 0.15) is 12.4 Å². The van der Waals surface area contributed by atoms with Crippen LogP contribution < -0.4 is 10.3 Å². The van der Waals surface area contributed by atoms with Crippen molar-refractivity contribution in [1.82, 2.24) is 9.66 Å². The summed E-state index contributed by atoms with van der Waals surface area (Å²) < 4.78 is 7.89. The number of carboxylic acid groups (broad SMARTS) is 1. The van der Waals surface area contributed by atoms with E-state index in [1.807, 2.05) is 36.4 Å². The minimum Gasteiger partial charge on any atom is -0.487 e. The molecule has 38 heavy (non-hydrogen) atoms. The van der Waals surface area contributed by atoms with E-state index in [-0.39, 0.29) is 17.7 Å². The van der Waals surface area contributed by atoms with Gasteiger partial charge >= 0.3 is 5.97 Å². The summed E-state index contributed by atoms with van der Waals surface area (Å²) >= 11 is 9.81. The van der Waals surface area contributed by atoms with Crippen LogP contribution in [0.4, 0.5) is 0 Å². The van der Waals surface area contributed by atoms with Crippen LogP contribution in [0.5, 0.6) is 5.75 Å². The summed E-state index contributed by atoms with van der Waals surface area (Å²) in [5, 5.41) is 14.7. The van der Waals surface area contributed by atoms with Gasteiger partial charge in [0.05, 0.1) is 27.2 Å². The van der Waals surface area contributed by atoms with Crippen LogP contribution in [0.1, 0.15) is 21.5 Å². The third-order valence-electron chi connectivity index (χ3n) is 5.69. The molecule has 0 spiro atoms. The van der Waals surface area contributed by atoms with Crippen molar-refractivity contribution in [2.75, 3.05) is 0 Å². The number of aromatic nitrogens is 2. The Kier molecular flexibility index (Phi) is 7.35. The van der Waals surface area contributed by atoms with Gasteiger partial charge in [0.15, 0.2) is 5.82 Å². The molecule has 188 valence electrons. The Labute approximate surface area is 230 Å². The number of para-hydroxylation sites is 1. The van der Waals surface area contributed by atoms with Gasteiger partial charge in [-0.05, 0) is 57.9 Å². The van der Waals surface area contributed by atoms with Gasteiger partial charge in [-0.15, -0.1) is 0 Å². The third kappa shape index (κ3) is 5.37. The Hall–Kier alpha value is -4.27. The van der Waals surface area contributed by atoms with Crippen LogP contribution >= 0.6 is 27.5 Å². The van der Waals surface area contributed by atoms with Crippen LogP contribution in [0.2, 0.25) is 5.02 Å². The maximum atomic E-state index is 13.5. The number of ether oxygens (including phenoxy) is 1. The second-order valence-electron chi connectivity index (χ2n) is 8.28. The molecule has 7 nitrogen and oxygen atoms in total. The number of halogens is 2. The van der Waals surface area contributed by atoms with E-state index in [9.17, 15) is 14.7 Å². The van der Waals surface area contributed by atoms with Crippen molar-refractivity contribution in [2.45, 2.75) is 6.61 Å². The highest BCUT2D eigenvalue weighted by Crippen LogP contribution is 2.33. The highest BCUT2D eigenvalue weighted by molar-refractivity contribution is 9.10. The molecule has 0 bridgehead atoms. The third-order valence-corrected chi connectivity index (χ3v) is 6.50. The van der Waals surface area contributed by atoms with E-state index < -0.39 is 5.97 Å². The molecule has 0 unspecified atom stereocenters. The number of carboxylic acids is 1. The number of carbonyl (C=O) groups is 1. The van der Waals surface area contributed by atoms with Crippen molar-refractivity contribution in [3.63, 3.8) is 0 Å². The summed E-state index contributed by atoms with van der Waals surface area (Å²) in [7, 11) is 0. The molecule has 0 radical (unpaired) electrons. The lowest BCUT2D eigenvalue weighted by Crippen LogP contribution is -2.20. The molecule has 1 heterocycles. The monoisotopic (exact) mass is 587 g/mol. The summed E-state index contributed by atoms with van der Waals surface area (Å²) in [6, 6.07) is 26.3. The molecular weight excluding hydrogens is 570 g/mol. The summed E-state index contributed by atoms with van der Waals surface area (Å²) in [5.74, 6) is -0.197. The smallest absolute Gasteiger partial charge is 0.335 e. The van der Waals surface area contributed by atoms with E-state index in [0.717, 1.165) is 5.56 Å². The molecular formula is C29H19BrClN3O4. The molecule has 5 aromatic rings. The summed E-state index contributed by atoms with van der Waals surface area (Å²) in [5.41, 5.74) is 2.34. The van der Waals surface area contributed by atoms with Crippen molar-refractivity contribution < 1.29 is 14.6 Å². The van der Waals surface area contributed by atoms with Crippen LogP contribution in [-0.2, 0) is 6.61 Å². The van der Waals surface area contributed by atoms with E-state index in [1.54, 1.807) is 48.5 Å². The molecule has 4 aromatic carbocycles. The summed E-state index contributed by atoms with van der Waals surface area (Å²) in [6.45, 7) is 0.106. The molecule has 1 N–H and O–H groups in total. The number of benzene rings is 4. The van der Waals surface area contributed by atoms with Crippen molar-refractivity contribution in [3.8, 4) is 17.1 Å². The van der Waals surface area contributed by atoms with Gasteiger partial charge in [0.2, 0.25) is 0 Å².